The summed E-state index contributed by atoms with van der Waals surface area (Å²) in [6, 6.07) is 13.1. The molecule has 1 atom stereocenters. The number of nitrogens with one attached hydrogen (secondary N) is 1. The van der Waals surface area contributed by atoms with E-state index in [1.54, 1.807) is 16.4 Å². The van der Waals surface area contributed by atoms with E-state index in [1.165, 1.54) is 0 Å². The highest BCUT2D eigenvalue weighted by Crippen LogP contribution is 2.23. The molecule has 0 bridgehead atoms. The summed E-state index contributed by atoms with van der Waals surface area (Å²) in [6.45, 7) is 3.87. The maximum absolute atomic E-state index is 12.7. The summed E-state index contributed by atoms with van der Waals surface area (Å²) in [5, 5.41) is 5.22. The highest BCUT2D eigenvalue weighted by molar-refractivity contribution is 7.89. The van der Waals surface area contributed by atoms with Crippen molar-refractivity contribution in [2.75, 3.05) is 19.6 Å². The third kappa shape index (κ3) is 2.32. The van der Waals surface area contributed by atoms with Crippen molar-refractivity contribution in [3.05, 3.63) is 42.5 Å². The van der Waals surface area contributed by atoms with Gasteiger partial charge in [-0.05, 0) is 29.8 Å². The van der Waals surface area contributed by atoms with Crippen molar-refractivity contribution in [1.82, 2.24) is 9.62 Å². The highest BCUT2D eigenvalue weighted by atomic mass is 32.2. The molecule has 0 unspecified atom stereocenters. The van der Waals surface area contributed by atoms with E-state index >= 15 is 0 Å². The summed E-state index contributed by atoms with van der Waals surface area (Å²) in [5.74, 6) is 0. The Bertz CT molecular complexity index is 727. The largest absolute Gasteiger partial charge is 0.314 e. The van der Waals surface area contributed by atoms with E-state index < -0.39 is 10.0 Å². The monoisotopic (exact) mass is 290 g/mol. The SMILES string of the molecule is C[C@H]1CNCCN1S(=O)(=O)c1ccc2ccccc2c1. The normalized spacial score (nSPS) is 21.1. The summed E-state index contributed by atoms with van der Waals surface area (Å²) in [5.41, 5.74) is 0. The second kappa shape index (κ2) is 5.16. The molecule has 4 nitrogen and oxygen atoms in total. The quantitative estimate of drug-likeness (QED) is 0.918. The topological polar surface area (TPSA) is 49.4 Å². The number of hydrogen-bond donors (Lipinski definition) is 1. The van der Waals surface area contributed by atoms with Crippen LogP contribution in [0.4, 0.5) is 0 Å². The lowest BCUT2D eigenvalue weighted by molar-refractivity contribution is 0.284. The lowest BCUT2D eigenvalue weighted by Crippen LogP contribution is -2.52. The molecule has 0 aromatic heterocycles. The van der Waals surface area contributed by atoms with Crippen LogP contribution in [0.2, 0.25) is 0 Å². The molecule has 1 aliphatic heterocycles. The van der Waals surface area contributed by atoms with Crippen LogP contribution >= 0.6 is 0 Å². The number of hydrogen-bond acceptors (Lipinski definition) is 3. The molecule has 1 heterocycles. The van der Waals surface area contributed by atoms with E-state index in [4.69, 9.17) is 0 Å². The highest BCUT2D eigenvalue weighted by Gasteiger charge is 2.30. The summed E-state index contributed by atoms with van der Waals surface area (Å²) in [6.07, 6.45) is 0. The lowest BCUT2D eigenvalue weighted by atomic mass is 10.1. The zero-order chi connectivity index (χ0) is 14.2. The minimum atomic E-state index is -3.41. The summed E-state index contributed by atoms with van der Waals surface area (Å²) < 4.78 is 27.1. The van der Waals surface area contributed by atoms with Crippen LogP contribution in [0.3, 0.4) is 0 Å². The van der Waals surface area contributed by atoms with Crippen molar-refractivity contribution in [3.63, 3.8) is 0 Å². The Kier molecular flexibility index (Phi) is 3.50. The van der Waals surface area contributed by atoms with E-state index in [2.05, 4.69) is 5.32 Å². The van der Waals surface area contributed by atoms with Crippen LogP contribution < -0.4 is 5.32 Å². The Balaban J connectivity index is 2.04. The third-order valence-corrected chi connectivity index (χ3v) is 5.78. The number of fused-ring (bicyclic) bond motifs is 1. The number of sulfonamides is 1. The Labute approximate surface area is 119 Å². The molecule has 5 heteroatoms. The van der Waals surface area contributed by atoms with Gasteiger partial charge in [0.25, 0.3) is 0 Å². The van der Waals surface area contributed by atoms with Gasteiger partial charge in [-0.3, -0.25) is 0 Å². The van der Waals surface area contributed by atoms with Crippen molar-refractivity contribution in [1.29, 1.82) is 0 Å². The fraction of sp³-hybridized carbons (Fsp3) is 0.333. The molecule has 1 fully saturated rings. The molecular formula is C15H18N2O2S. The summed E-state index contributed by atoms with van der Waals surface area (Å²) in [4.78, 5) is 0.380. The zero-order valence-corrected chi connectivity index (χ0v) is 12.2. The first-order chi connectivity index (χ1) is 9.59. The summed E-state index contributed by atoms with van der Waals surface area (Å²) in [7, 11) is -3.41. The molecule has 0 saturated carbocycles. The van der Waals surface area contributed by atoms with Crippen molar-refractivity contribution in [3.8, 4) is 0 Å². The molecule has 106 valence electrons. The van der Waals surface area contributed by atoms with Crippen LogP contribution in [0.1, 0.15) is 6.92 Å². The summed E-state index contributed by atoms with van der Waals surface area (Å²) >= 11 is 0. The van der Waals surface area contributed by atoms with Gasteiger partial charge in [0, 0.05) is 25.7 Å². The van der Waals surface area contributed by atoms with Gasteiger partial charge in [-0.25, -0.2) is 8.42 Å². The van der Waals surface area contributed by atoms with Gasteiger partial charge in [-0.1, -0.05) is 30.3 Å². The van der Waals surface area contributed by atoms with Crippen molar-refractivity contribution >= 4 is 20.8 Å². The maximum Gasteiger partial charge on any atom is 0.243 e. The van der Waals surface area contributed by atoms with E-state index in [0.717, 1.165) is 10.8 Å². The van der Waals surface area contributed by atoms with Crippen molar-refractivity contribution < 1.29 is 8.42 Å². The lowest BCUT2D eigenvalue weighted by Gasteiger charge is -2.32. The van der Waals surface area contributed by atoms with Gasteiger partial charge in [0.2, 0.25) is 10.0 Å². The van der Waals surface area contributed by atoms with Gasteiger partial charge in [0.1, 0.15) is 0 Å². The average Bonchev–Trinajstić information content (AvgIpc) is 2.47. The Morgan fingerprint density at radius 3 is 2.65 bits per heavy atom. The molecule has 2 aromatic rings. The van der Waals surface area contributed by atoms with Crippen LogP contribution in [0.15, 0.2) is 47.4 Å². The second-order valence-corrected chi connectivity index (χ2v) is 7.07. The standard InChI is InChI=1S/C15H18N2O2S/c1-12-11-16-8-9-17(12)20(18,19)15-7-6-13-4-2-3-5-14(13)10-15/h2-7,10,12,16H,8-9,11H2,1H3/t12-/m0/s1. The molecule has 3 rings (SSSR count). The van der Waals surface area contributed by atoms with Gasteiger partial charge in [-0.15, -0.1) is 0 Å². The number of rotatable bonds is 2. The Morgan fingerprint density at radius 1 is 1.15 bits per heavy atom. The zero-order valence-electron chi connectivity index (χ0n) is 11.4. The molecule has 0 aliphatic carbocycles. The fourth-order valence-corrected chi connectivity index (χ4v) is 4.31. The molecule has 1 N–H and O–H groups in total. The van der Waals surface area contributed by atoms with Crippen molar-refractivity contribution in [2.45, 2.75) is 17.9 Å². The molecule has 0 spiro atoms. The van der Waals surface area contributed by atoms with Crippen LogP contribution in [0, 0.1) is 0 Å². The second-order valence-electron chi connectivity index (χ2n) is 5.18. The molecule has 0 amide bonds. The molecule has 20 heavy (non-hydrogen) atoms. The van der Waals surface area contributed by atoms with Gasteiger partial charge in [0.05, 0.1) is 4.90 Å². The van der Waals surface area contributed by atoms with Crippen LogP contribution in [0.5, 0.6) is 0 Å². The minimum absolute atomic E-state index is 0.0137. The van der Waals surface area contributed by atoms with Crippen LogP contribution in [-0.2, 0) is 10.0 Å². The molecular weight excluding hydrogens is 272 g/mol. The molecule has 1 aliphatic rings. The average molecular weight is 290 g/mol. The molecule has 1 saturated heterocycles. The molecule has 0 radical (unpaired) electrons. The minimum Gasteiger partial charge on any atom is -0.314 e. The van der Waals surface area contributed by atoms with Crippen LogP contribution in [-0.4, -0.2) is 38.4 Å². The van der Waals surface area contributed by atoms with E-state index in [1.807, 2.05) is 37.3 Å². The number of piperazine rings is 1. The van der Waals surface area contributed by atoms with Gasteiger partial charge in [0.15, 0.2) is 0 Å². The van der Waals surface area contributed by atoms with Gasteiger partial charge < -0.3 is 5.32 Å². The first kappa shape index (κ1) is 13.5. The first-order valence-corrected chi connectivity index (χ1v) is 8.24. The van der Waals surface area contributed by atoms with Crippen molar-refractivity contribution in [2.24, 2.45) is 0 Å². The number of benzene rings is 2. The maximum atomic E-state index is 12.7. The third-order valence-electron chi connectivity index (χ3n) is 3.77. The Morgan fingerprint density at radius 2 is 1.90 bits per heavy atom. The van der Waals surface area contributed by atoms with Gasteiger partial charge >= 0.3 is 0 Å². The Hall–Kier alpha value is -1.43. The first-order valence-electron chi connectivity index (χ1n) is 6.80. The van der Waals surface area contributed by atoms with E-state index in [-0.39, 0.29) is 6.04 Å². The van der Waals surface area contributed by atoms with Gasteiger partial charge in [-0.2, -0.15) is 4.31 Å². The predicted octanol–water partition coefficient (Wildman–Crippen LogP) is 1.82. The predicted molar refractivity (Wildman–Crippen MR) is 80.2 cm³/mol. The smallest absolute Gasteiger partial charge is 0.243 e. The molecule has 2 aromatic carbocycles. The van der Waals surface area contributed by atoms with Crippen LogP contribution in [0.25, 0.3) is 10.8 Å². The van der Waals surface area contributed by atoms with E-state index in [0.29, 0.717) is 24.5 Å². The fourth-order valence-electron chi connectivity index (χ4n) is 2.64. The number of nitrogens with zero attached hydrogens (tertiary/aromatic N) is 1. The van der Waals surface area contributed by atoms with E-state index in [9.17, 15) is 8.42 Å².